The zero-order valence-corrected chi connectivity index (χ0v) is 25.4. The standard InChI is InChI=1S/C32H39N7O5/c1-21(2)16-37(17-22(3)4)19-34-29-28-30(38(20-33-28)27-15-25(41)26(18-40)43-27)36-31(35-29)44-32(42)39(23-11-7-5-8-12-23)24-13-9-6-10-14-24/h5-14,19-22,25-27,40-41H,15-18H2,1-4H3. The summed E-state index contributed by atoms with van der Waals surface area (Å²) in [4.78, 5) is 35.6. The van der Waals surface area contributed by atoms with Gasteiger partial charge in [0, 0.05) is 19.5 Å². The molecular formula is C32H39N7O5. The number of rotatable bonds is 11. The fourth-order valence-corrected chi connectivity index (χ4v) is 5.16. The SMILES string of the molecule is CC(C)CN(C=Nc1nc(OC(=O)N(c2ccccc2)c2ccccc2)nc2c1ncn2C1CC(O)C(CO)O1)CC(C)C. The number of aliphatic hydroxyl groups is 2. The first kappa shape index (κ1) is 31.0. The van der Waals surface area contributed by atoms with Crippen molar-refractivity contribution in [2.45, 2.75) is 52.6 Å². The molecule has 1 aliphatic rings. The lowest BCUT2D eigenvalue weighted by molar-refractivity contribution is -0.0432. The fourth-order valence-electron chi connectivity index (χ4n) is 5.16. The number of hydrogen-bond acceptors (Lipinski definition) is 9. The molecule has 1 aliphatic heterocycles. The van der Waals surface area contributed by atoms with Crippen LogP contribution in [0, 0.1) is 11.8 Å². The Morgan fingerprint density at radius 1 is 1.05 bits per heavy atom. The third-order valence-electron chi connectivity index (χ3n) is 7.01. The maximum absolute atomic E-state index is 13.7. The number of nitrogens with zero attached hydrogens (tertiary/aromatic N) is 7. The molecule has 0 aliphatic carbocycles. The lowest BCUT2D eigenvalue weighted by atomic mass is 10.1. The lowest BCUT2D eigenvalue weighted by Crippen LogP contribution is -2.30. The summed E-state index contributed by atoms with van der Waals surface area (Å²) in [5.41, 5.74) is 1.91. The summed E-state index contributed by atoms with van der Waals surface area (Å²) in [5.74, 6) is 1.04. The van der Waals surface area contributed by atoms with Crippen LogP contribution in [-0.4, -0.2) is 79.0 Å². The molecule has 44 heavy (non-hydrogen) atoms. The molecule has 3 unspecified atom stereocenters. The van der Waals surface area contributed by atoms with Gasteiger partial charge in [0.2, 0.25) is 0 Å². The number of aliphatic imine (C=N–C) groups is 1. The minimum absolute atomic E-state index is 0.218. The Balaban J connectivity index is 1.55. The number of carbonyl (C=O) groups is 1. The van der Waals surface area contributed by atoms with Crippen molar-refractivity contribution < 1.29 is 24.5 Å². The van der Waals surface area contributed by atoms with Gasteiger partial charge in [-0.05, 0) is 36.1 Å². The van der Waals surface area contributed by atoms with E-state index in [4.69, 9.17) is 14.5 Å². The van der Waals surface area contributed by atoms with E-state index in [2.05, 4.69) is 47.5 Å². The summed E-state index contributed by atoms with van der Waals surface area (Å²) in [7, 11) is 0. The van der Waals surface area contributed by atoms with E-state index in [0.29, 0.717) is 34.4 Å². The average Bonchev–Trinajstić information content (AvgIpc) is 3.59. The largest absolute Gasteiger partial charge is 0.426 e. The molecule has 1 fully saturated rings. The average molecular weight is 602 g/mol. The highest BCUT2D eigenvalue weighted by molar-refractivity contribution is 5.97. The van der Waals surface area contributed by atoms with Gasteiger partial charge in [0.25, 0.3) is 0 Å². The Hall–Kier alpha value is -4.39. The molecule has 2 N–H and O–H groups in total. The van der Waals surface area contributed by atoms with E-state index in [9.17, 15) is 15.0 Å². The normalized spacial score (nSPS) is 18.5. The predicted molar refractivity (Wildman–Crippen MR) is 167 cm³/mol. The zero-order chi connectivity index (χ0) is 31.2. The third kappa shape index (κ3) is 7.21. The lowest BCUT2D eigenvalue weighted by Gasteiger charge is -2.23. The van der Waals surface area contributed by atoms with Crippen LogP contribution in [0.5, 0.6) is 6.01 Å². The van der Waals surface area contributed by atoms with Gasteiger partial charge in [-0.15, -0.1) is 0 Å². The van der Waals surface area contributed by atoms with Crippen LogP contribution in [0.1, 0.15) is 40.3 Å². The van der Waals surface area contributed by atoms with Crippen LogP contribution < -0.4 is 9.64 Å². The number of imidazole rings is 1. The fraction of sp³-hybridized carbons (Fsp3) is 0.406. The highest BCUT2D eigenvalue weighted by Crippen LogP contribution is 2.34. The summed E-state index contributed by atoms with van der Waals surface area (Å²) >= 11 is 0. The summed E-state index contributed by atoms with van der Waals surface area (Å²) < 4.78 is 13.3. The number of carbonyl (C=O) groups excluding carboxylic acids is 1. The smallest absolute Gasteiger partial charge is 0.394 e. The molecule has 0 spiro atoms. The van der Waals surface area contributed by atoms with Crippen molar-refractivity contribution in [1.29, 1.82) is 0 Å². The van der Waals surface area contributed by atoms with Crippen molar-refractivity contribution in [2.75, 3.05) is 24.6 Å². The molecule has 1 saturated heterocycles. The Bertz CT molecular complexity index is 1510. The summed E-state index contributed by atoms with van der Waals surface area (Å²) in [5, 5.41) is 20.0. The van der Waals surface area contributed by atoms with Crippen molar-refractivity contribution in [3.05, 3.63) is 67.0 Å². The molecule has 3 atom stereocenters. The van der Waals surface area contributed by atoms with Crippen LogP contribution in [0.15, 0.2) is 72.0 Å². The Labute approximate surface area is 256 Å². The molecule has 232 valence electrons. The Morgan fingerprint density at radius 3 is 2.20 bits per heavy atom. The van der Waals surface area contributed by atoms with Gasteiger partial charge in [0.1, 0.15) is 12.3 Å². The van der Waals surface area contributed by atoms with Gasteiger partial charge >= 0.3 is 12.1 Å². The number of ether oxygens (including phenoxy) is 2. The number of hydrogen-bond donors (Lipinski definition) is 2. The Morgan fingerprint density at radius 2 is 1.66 bits per heavy atom. The first-order valence-electron chi connectivity index (χ1n) is 14.8. The van der Waals surface area contributed by atoms with Crippen molar-refractivity contribution in [3.63, 3.8) is 0 Å². The van der Waals surface area contributed by atoms with Crippen molar-refractivity contribution in [1.82, 2.24) is 24.4 Å². The van der Waals surface area contributed by atoms with Crippen LogP contribution in [0.3, 0.4) is 0 Å². The second-order valence-electron chi connectivity index (χ2n) is 11.6. The van der Waals surface area contributed by atoms with Crippen LogP contribution in [0.2, 0.25) is 0 Å². The van der Waals surface area contributed by atoms with E-state index in [-0.39, 0.29) is 24.9 Å². The van der Waals surface area contributed by atoms with E-state index in [0.717, 1.165) is 13.1 Å². The molecular weight excluding hydrogens is 562 g/mol. The highest BCUT2D eigenvalue weighted by Gasteiger charge is 2.36. The van der Waals surface area contributed by atoms with E-state index in [1.54, 1.807) is 10.9 Å². The molecule has 5 rings (SSSR count). The maximum atomic E-state index is 13.7. The summed E-state index contributed by atoms with van der Waals surface area (Å²) in [6.07, 6.45) is 0.541. The minimum Gasteiger partial charge on any atom is -0.394 e. The summed E-state index contributed by atoms with van der Waals surface area (Å²) in [6.45, 7) is 9.84. The van der Waals surface area contributed by atoms with Gasteiger partial charge in [-0.25, -0.2) is 19.7 Å². The molecule has 12 heteroatoms. The quantitative estimate of drug-likeness (QED) is 0.178. The molecule has 1 amide bonds. The number of aromatic nitrogens is 4. The maximum Gasteiger partial charge on any atom is 0.426 e. The number of anilines is 2. The van der Waals surface area contributed by atoms with Crippen LogP contribution in [-0.2, 0) is 4.74 Å². The molecule has 2 aromatic heterocycles. The van der Waals surface area contributed by atoms with Gasteiger partial charge in [-0.2, -0.15) is 9.97 Å². The number of benzene rings is 2. The number of para-hydroxylation sites is 2. The third-order valence-corrected chi connectivity index (χ3v) is 7.01. The molecule has 4 aromatic rings. The van der Waals surface area contributed by atoms with Gasteiger partial charge in [-0.3, -0.25) is 4.57 Å². The molecule has 12 nitrogen and oxygen atoms in total. The van der Waals surface area contributed by atoms with E-state index in [1.165, 1.54) is 11.2 Å². The van der Waals surface area contributed by atoms with Crippen LogP contribution in [0.25, 0.3) is 11.2 Å². The van der Waals surface area contributed by atoms with Crippen molar-refractivity contribution in [3.8, 4) is 6.01 Å². The van der Waals surface area contributed by atoms with E-state index < -0.39 is 24.5 Å². The zero-order valence-electron chi connectivity index (χ0n) is 25.4. The topological polar surface area (TPSA) is 138 Å². The molecule has 0 radical (unpaired) electrons. The van der Waals surface area contributed by atoms with Gasteiger partial charge in [-0.1, -0.05) is 64.1 Å². The van der Waals surface area contributed by atoms with Crippen molar-refractivity contribution in [2.24, 2.45) is 16.8 Å². The minimum atomic E-state index is -0.856. The monoisotopic (exact) mass is 601 g/mol. The number of fused-ring (bicyclic) bond motifs is 1. The predicted octanol–water partition coefficient (Wildman–Crippen LogP) is 5.08. The van der Waals surface area contributed by atoms with Gasteiger partial charge in [0.05, 0.1) is 36.8 Å². The van der Waals surface area contributed by atoms with E-state index in [1.807, 2.05) is 60.7 Å². The Kier molecular flexibility index (Phi) is 9.83. The molecule has 2 aromatic carbocycles. The van der Waals surface area contributed by atoms with Crippen LogP contribution in [0.4, 0.5) is 22.0 Å². The first-order valence-corrected chi connectivity index (χ1v) is 14.8. The second-order valence-corrected chi connectivity index (χ2v) is 11.6. The van der Waals surface area contributed by atoms with Crippen LogP contribution >= 0.6 is 0 Å². The first-order chi connectivity index (χ1) is 21.2. The van der Waals surface area contributed by atoms with Crippen molar-refractivity contribution >= 4 is 40.8 Å². The molecule has 3 heterocycles. The molecule has 0 saturated carbocycles. The highest BCUT2D eigenvalue weighted by atomic mass is 16.6. The van der Waals surface area contributed by atoms with Gasteiger partial charge in [0.15, 0.2) is 17.0 Å². The summed E-state index contributed by atoms with van der Waals surface area (Å²) in [6, 6.07) is 18.1. The van der Waals surface area contributed by atoms with E-state index >= 15 is 0 Å². The second kappa shape index (κ2) is 13.9. The number of aliphatic hydroxyl groups excluding tert-OH is 2. The molecule has 0 bridgehead atoms. The van der Waals surface area contributed by atoms with Gasteiger partial charge < -0.3 is 24.6 Å². The number of amides is 1.